The van der Waals surface area contributed by atoms with Gasteiger partial charge in [-0.1, -0.05) is 24.4 Å². The van der Waals surface area contributed by atoms with Crippen LogP contribution in [0.1, 0.15) is 56.1 Å². The number of amides is 1. The molecule has 0 bridgehead atoms. The van der Waals surface area contributed by atoms with Crippen molar-refractivity contribution in [3.8, 4) is 0 Å². The summed E-state index contributed by atoms with van der Waals surface area (Å²) in [4.78, 5) is 14.2. The van der Waals surface area contributed by atoms with Crippen LogP contribution in [0.15, 0.2) is 12.3 Å². The van der Waals surface area contributed by atoms with Gasteiger partial charge >= 0.3 is 0 Å². The molecule has 0 atom stereocenters. The molecule has 2 rings (SSSR count). The van der Waals surface area contributed by atoms with Crippen LogP contribution in [0.4, 0.5) is 0 Å². The molecule has 0 saturated heterocycles. The highest BCUT2D eigenvalue weighted by molar-refractivity contribution is 6.31. The van der Waals surface area contributed by atoms with E-state index in [1.165, 1.54) is 0 Å². The zero-order chi connectivity index (χ0) is 14.9. The summed E-state index contributed by atoms with van der Waals surface area (Å²) in [6.07, 6.45) is 5.39. The van der Waals surface area contributed by atoms with E-state index in [0.717, 1.165) is 25.7 Å². The molecule has 1 heterocycles. The fourth-order valence-corrected chi connectivity index (χ4v) is 3.15. The standard InChI is InChI=1S/C15H23ClN2O2/c1-11(2)18-9-12(16)8-13(18)14(19)17(3)10-15(20)6-4-5-7-15/h8-9,11,20H,4-7,10H2,1-3H3. The molecule has 1 aliphatic carbocycles. The number of hydrogen-bond acceptors (Lipinski definition) is 2. The molecule has 5 heteroatoms. The van der Waals surface area contributed by atoms with Crippen LogP contribution in [0.3, 0.4) is 0 Å². The lowest BCUT2D eigenvalue weighted by Gasteiger charge is -2.29. The van der Waals surface area contributed by atoms with Gasteiger partial charge in [0.1, 0.15) is 5.69 Å². The molecule has 0 aromatic carbocycles. The van der Waals surface area contributed by atoms with Gasteiger partial charge in [0, 0.05) is 25.8 Å². The fraction of sp³-hybridized carbons (Fsp3) is 0.667. The number of rotatable bonds is 4. The average molecular weight is 299 g/mol. The molecule has 1 aromatic heterocycles. The van der Waals surface area contributed by atoms with Crippen molar-refractivity contribution in [2.24, 2.45) is 0 Å². The molecule has 0 spiro atoms. The minimum Gasteiger partial charge on any atom is -0.388 e. The number of hydrogen-bond donors (Lipinski definition) is 1. The molecule has 0 aliphatic heterocycles. The monoisotopic (exact) mass is 298 g/mol. The Morgan fingerprint density at radius 1 is 1.50 bits per heavy atom. The third-order valence-electron chi connectivity index (χ3n) is 4.00. The highest BCUT2D eigenvalue weighted by Gasteiger charge is 2.34. The number of aromatic nitrogens is 1. The van der Waals surface area contributed by atoms with Gasteiger partial charge in [-0.3, -0.25) is 4.79 Å². The zero-order valence-electron chi connectivity index (χ0n) is 12.4. The summed E-state index contributed by atoms with van der Waals surface area (Å²) >= 11 is 6.02. The SMILES string of the molecule is CC(C)n1cc(Cl)cc1C(=O)N(C)CC1(O)CCCC1. The maximum atomic E-state index is 12.5. The van der Waals surface area contributed by atoms with Crippen molar-refractivity contribution in [1.82, 2.24) is 9.47 Å². The largest absolute Gasteiger partial charge is 0.388 e. The Balaban J connectivity index is 2.14. The van der Waals surface area contributed by atoms with Crippen molar-refractivity contribution >= 4 is 17.5 Å². The normalized spacial score (nSPS) is 17.7. The lowest BCUT2D eigenvalue weighted by molar-refractivity contribution is 0.0153. The first kappa shape index (κ1) is 15.4. The smallest absolute Gasteiger partial charge is 0.270 e. The summed E-state index contributed by atoms with van der Waals surface area (Å²) < 4.78 is 1.87. The van der Waals surface area contributed by atoms with E-state index in [-0.39, 0.29) is 11.9 Å². The number of nitrogens with zero attached hydrogens (tertiary/aromatic N) is 2. The summed E-state index contributed by atoms with van der Waals surface area (Å²) in [5.74, 6) is -0.0917. The Morgan fingerprint density at radius 2 is 2.10 bits per heavy atom. The Morgan fingerprint density at radius 3 is 2.65 bits per heavy atom. The van der Waals surface area contributed by atoms with Crippen LogP contribution >= 0.6 is 11.6 Å². The molecule has 1 aliphatic rings. The molecule has 112 valence electrons. The van der Waals surface area contributed by atoms with Crippen molar-refractivity contribution in [3.05, 3.63) is 23.0 Å². The third kappa shape index (κ3) is 3.18. The third-order valence-corrected chi connectivity index (χ3v) is 4.21. The van der Waals surface area contributed by atoms with Gasteiger partial charge in [-0.2, -0.15) is 0 Å². The fourth-order valence-electron chi connectivity index (χ4n) is 2.94. The van der Waals surface area contributed by atoms with E-state index >= 15 is 0 Å². The van der Waals surface area contributed by atoms with E-state index in [9.17, 15) is 9.90 Å². The molecule has 20 heavy (non-hydrogen) atoms. The van der Waals surface area contributed by atoms with Gasteiger partial charge in [0.25, 0.3) is 5.91 Å². The second-order valence-electron chi connectivity index (χ2n) is 6.14. The van der Waals surface area contributed by atoms with Crippen molar-refractivity contribution in [2.75, 3.05) is 13.6 Å². The summed E-state index contributed by atoms with van der Waals surface area (Å²) in [6.45, 7) is 4.40. The van der Waals surface area contributed by atoms with Gasteiger partial charge in [0.05, 0.1) is 10.6 Å². The minimum absolute atomic E-state index is 0.0917. The minimum atomic E-state index is -0.719. The summed E-state index contributed by atoms with van der Waals surface area (Å²) in [5, 5.41) is 11.0. The van der Waals surface area contributed by atoms with Gasteiger partial charge in [-0.15, -0.1) is 0 Å². The van der Waals surface area contributed by atoms with Crippen LogP contribution in [0.2, 0.25) is 5.02 Å². The number of carbonyl (C=O) groups excluding carboxylic acids is 1. The number of aliphatic hydroxyl groups is 1. The second-order valence-corrected chi connectivity index (χ2v) is 6.57. The van der Waals surface area contributed by atoms with Crippen LogP contribution in [-0.4, -0.2) is 39.7 Å². The van der Waals surface area contributed by atoms with Crippen molar-refractivity contribution < 1.29 is 9.90 Å². The highest BCUT2D eigenvalue weighted by Crippen LogP contribution is 2.30. The predicted molar refractivity (Wildman–Crippen MR) is 80.2 cm³/mol. The first-order chi connectivity index (χ1) is 9.32. The van der Waals surface area contributed by atoms with E-state index in [4.69, 9.17) is 11.6 Å². The summed E-state index contributed by atoms with van der Waals surface area (Å²) in [7, 11) is 1.74. The van der Waals surface area contributed by atoms with Crippen LogP contribution in [0.25, 0.3) is 0 Å². The zero-order valence-corrected chi connectivity index (χ0v) is 13.2. The summed E-state index contributed by atoms with van der Waals surface area (Å²) in [5.41, 5.74) is -0.141. The Labute approximate surface area is 125 Å². The van der Waals surface area contributed by atoms with Crippen LogP contribution in [-0.2, 0) is 0 Å². The van der Waals surface area contributed by atoms with Crippen LogP contribution in [0.5, 0.6) is 0 Å². The van der Waals surface area contributed by atoms with Crippen molar-refractivity contribution in [3.63, 3.8) is 0 Å². The molecule has 1 saturated carbocycles. The average Bonchev–Trinajstić information content (AvgIpc) is 2.94. The first-order valence-corrected chi connectivity index (χ1v) is 7.55. The van der Waals surface area contributed by atoms with Gasteiger partial charge in [-0.05, 0) is 32.8 Å². The Hall–Kier alpha value is -1.00. The Bertz CT molecular complexity index is 490. The number of likely N-dealkylation sites (N-methyl/N-ethyl adjacent to an activating group) is 1. The van der Waals surface area contributed by atoms with Crippen LogP contribution in [0, 0.1) is 0 Å². The van der Waals surface area contributed by atoms with E-state index in [2.05, 4.69) is 0 Å². The lowest BCUT2D eigenvalue weighted by Crippen LogP contribution is -2.42. The molecule has 1 aromatic rings. The molecule has 1 N–H and O–H groups in total. The van der Waals surface area contributed by atoms with Crippen molar-refractivity contribution in [1.29, 1.82) is 0 Å². The predicted octanol–water partition coefficient (Wildman–Crippen LogP) is 3.10. The quantitative estimate of drug-likeness (QED) is 0.928. The number of carbonyl (C=O) groups is 1. The molecule has 1 amide bonds. The van der Waals surface area contributed by atoms with E-state index in [1.807, 2.05) is 18.4 Å². The molecule has 0 radical (unpaired) electrons. The molecular formula is C15H23ClN2O2. The molecule has 1 fully saturated rings. The first-order valence-electron chi connectivity index (χ1n) is 7.18. The van der Waals surface area contributed by atoms with Gasteiger partial charge < -0.3 is 14.6 Å². The maximum Gasteiger partial charge on any atom is 0.270 e. The highest BCUT2D eigenvalue weighted by atomic mass is 35.5. The van der Waals surface area contributed by atoms with E-state index in [1.54, 1.807) is 24.2 Å². The second kappa shape index (κ2) is 5.78. The maximum absolute atomic E-state index is 12.5. The van der Waals surface area contributed by atoms with Crippen molar-refractivity contribution in [2.45, 2.75) is 51.2 Å². The van der Waals surface area contributed by atoms with Crippen LogP contribution < -0.4 is 0 Å². The topological polar surface area (TPSA) is 45.5 Å². The Kier molecular flexibility index (Phi) is 4.45. The molecule has 4 nitrogen and oxygen atoms in total. The molecular weight excluding hydrogens is 276 g/mol. The van der Waals surface area contributed by atoms with E-state index < -0.39 is 5.60 Å². The van der Waals surface area contributed by atoms with Gasteiger partial charge in [0.15, 0.2) is 0 Å². The lowest BCUT2D eigenvalue weighted by atomic mass is 10.0. The van der Waals surface area contributed by atoms with Gasteiger partial charge in [0.2, 0.25) is 0 Å². The summed E-state index contributed by atoms with van der Waals surface area (Å²) in [6, 6.07) is 1.86. The number of halogens is 1. The van der Waals surface area contributed by atoms with Gasteiger partial charge in [-0.25, -0.2) is 0 Å². The van der Waals surface area contributed by atoms with E-state index in [0.29, 0.717) is 17.3 Å². The molecule has 0 unspecified atom stereocenters.